The van der Waals surface area contributed by atoms with Crippen molar-refractivity contribution < 1.29 is 14.5 Å². The number of nitrogens with one attached hydrogen (secondary N) is 2. The Hall–Kier alpha value is -1.96. The van der Waals surface area contributed by atoms with Gasteiger partial charge in [-0.2, -0.15) is 0 Å². The molecule has 0 unspecified atom stereocenters. The highest BCUT2D eigenvalue weighted by Crippen LogP contribution is 2.27. The molecular formula is C13H16BrN3O4. The van der Waals surface area contributed by atoms with Crippen LogP contribution in [0.1, 0.15) is 24.2 Å². The van der Waals surface area contributed by atoms with E-state index in [-0.39, 0.29) is 34.1 Å². The van der Waals surface area contributed by atoms with Gasteiger partial charge in [-0.3, -0.25) is 19.7 Å². The second-order valence-electron chi connectivity index (χ2n) is 4.60. The van der Waals surface area contributed by atoms with Gasteiger partial charge in [-0.05, 0) is 22.0 Å². The molecule has 0 fully saturated rings. The van der Waals surface area contributed by atoms with Crippen molar-refractivity contribution >= 4 is 33.4 Å². The van der Waals surface area contributed by atoms with Crippen LogP contribution in [0.5, 0.6) is 0 Å². The SMILES string of the molecule is CC(C)C(=O)NCCNC(=O)c1cccc([N+](=O)[O-])c1Br. The van der Waals surface area contributed by atoms with Gasteiger partial charge >= 0.3 is 0 Å². The Morgan fingerprint density at radius 1 is 1.29 bits per heavy atom. The summed E-state index contributed by atoms with van der Waals surface area (Å²) in [5.41, 5.74) is 0.00940. The van der Waals surface area contributed by atoms with Crippen molar-refractivity contribution in [3.8, 4) is 0 Å². The largest absolute Gasteiger partial charge is 0.354 e. The number of rotatable bonds is 6. The molecule has 0 aromatic heterocycles. The molecule has 2 N–H and O–H groups in total. The van der Waals surface area contributed by atoms with E-state index in [9.17, 15) is 19.7 Å². The van der Waals surface area contributed by atoms with Gasteiger partial charge in [0.15, 0.2) is 0 Å². The van der Waals surface area contributed by atoms with E-state index in [1.165, 1.54) is 18.2 Å². The number of carbonyl (C=O) groups excluding carboxylic acids is 2. The summed E-state index contributed by atoms with van der Waals surface area (Å²) in [6.45, 7) is 4.09. The summed E-state index contributed by atoms with van der Waals surface area (Å²) >= 11 is 3.06. The zero-order valence-electron chi connectivity index (χ0n) is 11.7. The van der Waals surface area contributed by atoms with E-state index in [0.717, 1.165) is 0 Å². The van der Waals surface area contributed by atoms with Crippen molar-refractivity contribution in [2.75, 3.05) is 13.1 Å². The maximum Gasteiger partial charge on any atom is 0.284 e. The normalized spacial score (nSPS) is 10.3. The Kier molecular flexibility index (Phi) is 6.29. The number of benzene rings is 1. The third-order valence-electron chi connectivity index (χ3n) is 2.65. The van der Waals surface area contributed by atoms with Gasteiger partial charge in [0, 0.05) is 25.1 Å². The van der Waals surface area contributed by atoms with Crippen molar-refractivity contribution in [2.45, 2.75) is 13.8 Å². The summed E-state index contributed by atoms with van der Waals surface area (Å²) in [5.74, 6) is -0.656. The Morgan fingerprint density at radius 3 is 2.48 bits per heavy atom. The Labute approximate surface area is 130 Å². The molecule has 0 spiro atoms. The zero-order chi connectivity index (χ0) is 16.0. The van der Waals surface area contributed by atoms with Gasteiger partial charge in [-0.25, -0.2) is 0 Å². The second kappa shape index (κ2) is 7.72. The lowest BCUT2D eigenvalue weighted by Crippen LogP contribution is -2.36. The molecule has 1 aromatic rings. The van der Waals surface area contributed by atoms with Gasteiger partial charge in [-0.15, -0.1) is 0 Å². The van der Waals surface area contributed by atoms with E-state index < -0.39 is 10.8 Å². The molecule has 1 rings (SSSR count). The van der Waals surface area contributed by atoms with Crippen molar-refractivity contribution in [1.29, 1.82) is 0 Å². The average molecular weight is 358 g/mol. The minimum absolute atomic E-state index is 0.0965. The van der Waals surface area contributed by atoms with Gasteiger partial charge < -0.3 is 10.6 Å². The fourth-order valence-corrected chi connectivity index (χ4v) is 2.09. The lowest BCUT2D eigenvalue weighted by molar-refractivity contribution is -0.385. The molecule has 0 atom stereocenters. The summed E-state index contributed by atoms with van der Waals surface area (Å²) in [4.78, 5) is 33.5. The number of hydrogen-bond acceptors (Lipinski definition) is 4. The highest BCUT2D eigenvalue weighted by atomic mass is 79.9. The Bertz CT molecular complexity index is 560. The first-order chi connectivity index (χ1) is 9.84. The Morgan fingerprint density at radius 2 is 1.90 bits per heavy atom. The molecule has 0 heterocycles. The number of amides is 2. The minimum atomic E-state index is -0.566. The summed E-state index contributed by atoms with van der Waals surface area (Å²) < 4.78 is 0.138. The van der Waals surface area contributed by atoms with E-state index in [2.05, 4.69) is 26.6 Å². The smallest absolute Gasteiger partial charge is 0.284 e. The van der Waals surface area contributed by atoms with E-state index in [4.69, 9.17) is 0 Å². The van der Waals surface area contributed by atoms with Crippen LogP contribution in [0, 0.1) is 16.0 Å². The molecule has 7 nitrogen and oxygen atoms in total. The number of halogens is 1. The quantitative estimate of drug-likeness (QED) is 0.460. The molecule has 0 aliphatic rings. The molecule has 0 bridgehead atoms. The van der Waals surface area contributed by atoms with Crippen molar-refractivity contribution in [3.63, 3.8) is 0 Å². The maximum atomic E-state index is 11.9. The van der Waals surface area contributed by atoms with E-state index in [1.54, 1.807) is 13.8 Å². The predicted octanol–water partition coefficient (Wildman–Crippen LogP) is 1.86. The number of nitro benzene ring substituents is 1. The molecule has 0 radical (unpaired) electrons. The van der Waals surface area contributed by atoms with Crippen LogP contribution in [0.25, 0.3) is 0 Å². The molecule has 21 heavy (non-hydrogen) atoms. The van der Waals surface area contributed by atoms with Gasteiger partial charge in [0.05, 0.1) is 10.5 Å². The molecule has 0 saturated heterocycles. The summed E-state index contributed by atoms with van der Waals surface area (Å²) in [7, 11) is 0. The standard InChI is InChI=1S/C13H16BrN3O4/c1-8(2)12(18)15-6-7-16-13(19)9-4-3-5-10(11(9)14)17(20)21/h3-5,8H,6-7H2,1-2H3,(H,15,18)(H,16,19). The van der Waals surface area contributed by atoms with Crippen LogP contribution in [0.4, 0.5) is 5.69 Å². The molecule has 8 heteroatoms. The van der Waals surface area contributed by atoms with Gasteiger partial charge in [-0.1, -0.05) is 19.9 Å². The van der Waals surface area contributed by atoms with Crippen LogP contribution in [0.2, 0.25) is 0 Å². The van der Waals surface area contributed by atoms with Crippen LogP contribution in [-0.2, 0) is 4.79 Å². The molecular weight excluding hydrogens is 342 g/mol. The van der Waals surface area contributed by atoms with Crippen LogP contribution in [0.15, 0.2) is 22.7 Å². The summed E-state index contributed by atoms with van der Waals surface area (Å²) in [6.07, 6.45) is 0. The molecule has 114 valence electrons. The van der Waals surface area contributed by atoms with Gasteiger partial charge in [0.2, 0.25) is 5.91 Å². The molecule has 0 aliphatic carbocycles. The van der Waals surface area contributed by atoms with E-state index >= 15 is 0 Å². The first-order valence-electron chi connectivity index (χ1n) is 6.33. The number of carbonyl (C=O) groups is 2. The van der Waals surface area contributed by atoms with Crippen LogP contribution in [0.3, 0.4) is 0 Å². The molecule has 0 saturated carbocycles. The lowest BCUT2D eigenvalue weighted by atomic mass is 10.2. The minimum Gasteiger partial charge on any atom is -0.354 e. The maximum absolute atomic E-state index is 11.9. The number of nitrogens with zero attached hydrogens (tertiary/aromatic N) is 1. The summed E-state index contributed by atoms with van der Waals surface area (Å²) in [6, 6.07) is 4.24. The zero-order valence-corrected chi connectivity index (χ0v) is 13.3. The van der Waals surface area contributed by atoms with Crippen molar-refractivity contribution in [3.05, 3.63) is 38.3 Å². The number of hydrogen-bond donors (Lipinski definition) is 2. The molecule has 1 aromatic carbocycles. The molecule has 0 aliphatic heterocycles. The van der Waals surface area contributed by atoms with E-state index in [0.29, 0.717) is 6.54 Å². The molecule has 2 amide bonds. The topological polar surface area (TPSA) is 101 Å². The van der Waals surface area contributed by atoms with E-state index in [1.807, 2.05) is 0 Å². The van der Waals surface area contributed by atoms with Gasteiger partial charge in [0.1, 0.15) is 4.47 Å². The second-order valence-corrected chi connectivity index (χ2v) is 5.39. The number of nitro groups is 1. The van der Waals surface area contributed by atoms with Crippen LogP contribution in [-0.4, -0.2) is 29.8 Å². The Balaban J connectivity index is 2.59. The fraction of sp³-hybridized carbons (Fsp3) is 0.385. The fourth-order valence-electron chi connectivity index (χ4n) is 1.50. The highest BCUT2D eigenvalue weighted by Gasteiger charge is 2.19. The van der Waals surface area contributed by atoms with Crippen LogP contribution < -0.4 is 10.6 Å². The monoisotopic (exact) mass is 357 g/mol. The van der Waals surface area contributed by atoms with Crippen molar-refractivity contribution in [1.82, 2.24) is 10.6 Å². The average Bonchev–Trinajstić information content (AvgIpc) is 2.42. The van der Waals surface area contributed by atoms with Gasteiger partial charge in [0.25, 0.3) is 11.6 Å². The third-order valence-corrected chi connectivity index (χ3v) is 3.49. The van der Waals surface area contributed by atoms with Crippen LogP contribution >= 0.6 is 15.9 Å². The first kappa shape index (κ1) is 17.1. The van der Waals surface area contributed by atoms with Crippen molar-refractivity contribution in [2.24, 2.45) is 5.92 Å². The predicted molar refractivity (Wildman–Crippen MR) is 81.0 cm³/mol. The third kappa shape index (κ3) is 4.82. The highest BCUT2D eigenvalue weighted by molar-refractivity contribution is 9.10. The first-order valence-corrected chi connectivity index (χ1v) is 7.12. The lowest BCUT2D eigenvalue weighted by Gasteiger charge is -2.09. The summed E-state index contributed by atoms with van der Waals surface area (Å²) in [5, 5.41) is 16.0.